The quantitative estimate of drug-likeness (QED) is 0.324. The van der Waals surface area contributed by atoms with Gasteiger partial charge in [0.1, 0.15) is 5.82 Å². The zero-order valence-corrected chi connectivity index (χ0v) is 11.7. The Labute approximate surface area is 122 Å². The van der Waals surface area contributed by atoms with Crippen molar-refractivity contribution in [2.75, 3.05) is 0 Å². The van der Waals surface area contributed by atoms with Crippen molar-refractivity contribution < 1.29 is 9.60 Å². The van der Waals surface area contributed by atoms with Gasteiger partial charge in [0.2, 0.25) is 0 Å². The molecule has 0 aliphatic heterocycles. The van der Waals surface area contributed by atoms with E-state index in [-0.39, 0.29) is 17.7 Å². The number of halogens is 1. The second kappa shape index (κ2) is 6.85. The van der Waals surface area contributed by atoms with Crippen LogP contribution in [0.15, 0.2) is 42.1 Å². The molecule has 1 unspecified atom stereocenters. The highest BCUT2D eigenvalue weighted by atomic mass is 19.1. The normalized spacial score (nSPS) is 13.3. The summed E-state index contributed by atoms with van der Waals surface area (Å²) in [5.41, 5.74) is 6.30. The van der Waals surface area contributed by atoms with Crippen LogP contribution in [0.3, 0.4) is 0 Å². The van der Waals surface area contributed by atoms with Gasteiger partial charge in [-0.15, -0.1) is 0 Å². The minimum Gasteiger partial charge on any atom is -0.409 e. The lowest BCUT2D eigenvalue weighted by molar-refractivity contribution is 0.318. The molecular weight excluding hydrogens is 273 g/mol. The maximum atomic E-state index is 13.9. The van der Waals surface area contributed by atoms with Crippen molar-refractivity contribution in [1.29, 1.82) is 0 Å². The second-order valence-corrected chi connectivity index (χ2v) is 4.83. The summed E-state index contributed by atoms with van der Waals surface area (Å²) in [7, 11) is 0. The highest BCUT2D eigenvalue weighted by molar-refractivity contribution is 5.97. The van der Waals surface area contributed by atoms with Crippen LogP contribution >= 0.6 is 0 Å². The van der Waals surface area contributed by atoms with Gasteiger partial charge in [-0.3, -0.25) is 0 Å². The lowest BCUT2D eigenvalue weighted by atomic mass is 10.1. The van der Waals surface area contributed by atoms with Crippen molar-refractivity contribution in [3.63, 3.8) is 0 Å². The SMILES string of the molecule is CC(Cn1ccnc1)NCc1ccc(C(N)=NO)cc1F. The molecule has 7 heteroatoms. The van der Waals surface area contributed by atoms with Gasteiger partial charge in [0.15, 0.2) is 5.84 Å². The summed E-state index contributed by atoms with van der Waals surface area (Å²) in [5, 5.41) is 14.7. The van der Waals surface area contributed by atoms with E-state index in [0.717, 1.165) is 6.54 Å². The lowest BCUT2D eigenvalue weighted by Crippen LogP contribution is -2.30. The van der Waals surface area contributed by atoms with Crippen LogP contribution < -0.4 is 11.1 Å². The highest BCUT2D eigenvalue weighted by Crippen LogP contribution is 2.10. The summed E-state index contributed by atoms with van der Waals surface area (Å²) in [5.74, 6) is -0.497. The number of nitrogens with zero attached hydrogens (tertiary/aromatic N) is 3. The minimum atomic E-state index is -0.388. The van der Waals surface area contributed by atoms with Crippen molar-refractivity contribution in [2.24, 2.45) is 10.9 Å². The van der Waals surface area contributed by atoms with E-state index in [4.69, 9.17) is 10.9 Å². The number of hydrogen-bond donors (Lipinski definition) is 3. The second-order valence-electron chi connectivity index (χ2n) is 4.83. The van der Waals surface area contributed by atoms with Crippen LogP contribution in [-0.4, -0.2) is 26.6 Å². The van der Waals surface area contributed by atoms with Crippen LogP contribution in [0.1, 0.15) is 18.1 Å². The van der Waals surface area contributed by atoms with E-state index in [0.29, 0.717) is 17.7 Å². The summed E-state index contributed by atoms with van der Waals surface area (Å²) in [4.78, 5) is 3.97. The van der Waals surface area contributed by atoms with E-state index < -0.39 is 0 Å². The Hall–Kier alpha value is -2.41. The topological polar surface area (TPSA) is 88.5 Å². The molecule has 4 N–H and O–H groups in total. The number of benzene rings is 1. The first kappa shape index (κ1) is 15.0. The molecule has 112 valence electrons. The Morgan fingerprint density at radius 1 is 1.57 bits per heavy atom. The van der Waals surface area contributed by atoms with Crippen LogP contribution in [0.2, 0.25) is 0 Å². The van der Waals surface area contributed by atoms with Gasteiger partial charge in [0, 0.05) is 42.7 Å². The van der Waals surface area contributed by atoms with E-state index in [1.54, 1.807) is 24.7 Å². The smallest absolute Gasteiger partial charge is 0.170 e. The number of oxime groups is 1. The molecule has 1 heterocycles. The number of imidazole rings is 1. The summed E-state index contributed by atoms with van der Waals surface area (Å²) >= 11 is 0. The van der Waals surface area contributed by atoms with Gasteiger partial charge in [-0.1, -0.05) is 17.3 Å². The van der Waals surface area contributed by atoms with Crippen LogP contribution in [0.25, 0.3) is 0 Å². The molecule has 0 fully saturated rings. The average molecular weight is 291 g/mol. The summed E-state index contributed by atoms with van der Waals surface area (Å²) in [6.45, 7) is 3.17. The van der Waals surface area contributed by atoms with E-state index >= 15 is 0 Å². The summed E-state index contributed by atoms with van der Waals surface area (Å²) in [6, 6.07) is 4.67. The first-order chi connectivity index (χ1) is 10.1. The van der Waals surface area contributed by atoms with Gasteiger partial charge in [-0.25, -0.2) is 9.37 Å². The number of rotatable bonds is 6. The Morgan fingerprint density at radius 3 is 3.00 bits per heavy atom. The van der Waals surface area contributed by atoms with Crippen molar-refractivity contribution in [3.05, 3.63) is 53.9 Å². The van der Waals surface area contributed by atoms with Gasteiger partial charge in [-0.2, -0.15) is 0 Å². The molecular formula is C14H18FN5O. The Kier molecular flexibility index (Phi) is 4.89. The van der Waals surface area contributed by atoms with Gasteiger partial charge in [0.05, 0.1) is 6.33 Å². The predicted molar refractivity (Wildman–Crippen MR) is 77.4 cm³/mol. The molecule has 21 heavy (non-hydrogen) atoms. The third-order valence-electron chi connectivity index (χ3n) is 3.14. The van der Waals surface area contributed by atoms with E-state index in [1.807, 2.05) is 17.7 Å². The van der Waals surface area contributed by atoms with Crippen LogP contribution in [-0.2, 0) is 13.1 Å². The number of amidine groups is 1. The molecule has 2 rings (SSSR count). The third kappa shape index (κ3) is 4.03. The number of nitrogens with one attached hydrogen (secondary N) is 1. The zero-order valence-electron chi connectivity index (χ0n) is 11.7. The number of aromatic nitrogens is 2. The molecule has 0 amide bonds. The molecule has 2 aromatic rings. The summed E-state index contributed by atoms with van der Waals surface area (Å²) in [6.07, 6.45) is 5.34. The number of nitrogens with two attached hydrogens (primary N) is 1. The Morgan fingerprint density at radius 2 is 2.38 bits per heavy atom. The van der Waals surface area contributed by atoms with E-state index in [1.165, 1.54) is 6.07 Å². The zero-order chi connectivity index (χ0) is 15.2. The first-order valence-electron chi connectivity index (χ1n) is 6.55. The molecule has 0 aliphatic carbocycles. The Balaban J connectivity index is 1.94. The molecule has 0 spiro atoms. The molecule has 0 bridgehead atoms. The molecule has 0 saturated carbocycles. The highest BCUT2D eigenvalue weighted by Gasteiger charge is 2.08. The van der Waals surface area contributed by atoms with Crippen molar-refractivity contribution in [1.82, 2.24) is 14.9 Å². The van der Waals surface area contributed by atoms with Crippen molar-refractivity contribution in [2.45, 2.75) is 26.1 Å². The van der Waals surface area contributed by atoms with Crippen molar-refractivity contribution in [3.8, 4) is 0 Å². The van der Waals surface area contributed by atoms with Gasteiger partial charge >= 0.3 is 0 Å². The lowest BCUT2D eigenvalue weighted by Gasteiger charge is -2.15. The largest absolute Gasteiger partial charge is 0.409 e. The van der Waals surface area contributed by atoms with Crippen LogP contribution in [0.4, 0.5) is 4.39 Å². The van der Waals surface area contributed by atoms with Gasteiger partial charge in [-0.05, 0) is 13.0 Å². The monoisotopic (exact) mass is 291 g/mol. The first-order valence-corrected chi connectivity index (χ1v) is 6.55. The predicted octanol–water partition coefficient (Wildman–Crippen LogP) is 1.29. The standard InChI is InChI=1S/C14H18FN5O/c1-10(8-20-5-4-17-9-20)18-7-12-3-2-11(6-13(12)15)14(16)19-21/h2-6,9-10,18,21H,7-8H2,1H3,(H2,16,19). The maximum Gasteiger partial charge on any atom is 0.170 e. The van der Waals surface area contributed by atoms with Gasteiger partial charge < -0.3 is 20.8 Å². The van der Waals surface area contributed by atoms with E-state index in [9.17, 15) is 4.39 Å². The molecule has 0 aliphatic rings. The molecule has 1 aromatic heterocycles. The molecule has 0 radical (unpaired) electrons. The molecule has 1 atom stereocenters. The molecule has 0 saturated heterocycles. The molecule has 1 aromatic carbocycles. The Bertz CT molecular complexity index is 612. The fraction of sp³-hybridized carbons (Fsp3) is 0.286. The molecule has 6 nitrogen and oxygen atoms in total. The summed E-state index contributed by atoms with van der Waals surface area (Å²) < 4.78 is 15.9. The van der Waals surface area contributed by atoms with Crippen LogP contribution in [0.5, 0.6) is 0 Å². The fourth-order valence-corrected chi connectivity index (χ4v) is 1.97. The van der Waals surface area contributed by atoms with E-state index in [2.05, 4.69) is 15.5 Å². The fourth-order valence-electron chi connectivity index (χ4n) is 1.97. The number of hydrogen-bond acceptors (Lipinski definition) is 4. The minimum absolute atomic E-state index is 0.109. The van der Waals surface area contributed by atoms with Crippen LogP contribution in [0, 0.1) is 5.82 Å². The van der Waals surface area contributed by atoms with Gasteiger partial charge in [0.25, 0.3) is 0 Å². The van der Waals surface area contributed by atoms with Crippen molar-refractivity contribution >= 4 is 5.84 Å². The average Bonchev–Trinajstić information content (AvgIpc) is 2.98. The maximum absolute atomic E-state index is 13.9. The third-order valence-corrected chi connectivity index (χ3v) is 3.14.